The zero-order valence-corrected chi connectivity index (χ0v) is 9.41. The normalized spacial score (nSPS) is 33.4. The lowest BCUT2D eigenvalue weighted by molar-refractivity contribution is -0.135. The molecule has 0 aliphatic carbocycles. The Morgan fingerprint density at radius 1 is 1.47 bits per heavy atom. The molecular formula is C9H15N7O. The van der Waals surface area contributed by atoms with Crippen LogP contribution in [0.3, 0.4) is 0 Å². The standard InChI is InChI=1S/C9H15N7O/c10-7-6(13-14-9-11-2-3-12-9)8(17)16-5-1-4-15(7)16/h6-7H,1-5,10H2,(H,11,12). The van der Waals surface area contributed by atoms with Gasteiger partial charge in [-0.2, -0.15) is 10.1 Å². The Hall–Kier alpha value is -1.54. The number of guanidine groups is 1. The number of hydrogen-bond acceptors (Lipinski definition) is 7. The Morgan fingerprint density at radius 2 is 2.35 bits per heavy atom. The number of hydrogen-bond donors (Lipinski definition) is 2. The molecule has 8 heteroatoms. The summed E-state index contributed by atoms with van der Waals surface area (Å²) >= 11 is 0. The molecule has 3 heterocycles. The van der Waals surface area contributed by atoms with Crippen molar-refractivity contribution in [1.29, 1.82) is 0 Å². The molecule has 2 unspecified atom stereocenters. The molecule has 2 atom stereocenters. The van der Waals surface area contributed by atoms with Gasteiger partial charge in [-0.3, -0.25) is 9.80 Å². The van der Waals surface area contributed by atoms with E-state index in [4.69, 9.17) is 5.73 Å². The number of nitrogens with one attached hydrogen (secondary N) is 1. The SMILES string of the molecule is NC1C(N=NC2=NCCN2)C(=O)N2CCCN12. The maximum absolute atomic E-state index is 12.0. The molecule has 8 nitrogen and oxygen atoms in total. The van der Waals surface area contributed by atoms with E-state index >= 15 is 0 Å². The predicted molar refractivity (Wildman–Crippen MR) is 60.0 cm³/mol. The first-order valence-electron chi connectivity index (χ1n) is 5.80. The van der Waals surface area contributed by atoms with Crippen LogP contribution in [0.15, 0.2) is 15.2 Å². The molecule has 2 saturated heterocycles. The molecule has 3 aliphatic rings. The first-order valence-corrected chi connectivity index (χ1v) is 5.80. The molecule has 0 aromatic heterocycles. The number of carbonyl (C=O) groups excluding carboxylic acids is 1. The summed E-state index contributed by atoms with van der Waals surface area (Å²) in [5.41, 5.74) is 5.99. The van der Waals surface area contributed by atoms with Gasteiger partial charge in [-0.05, 0) is 6.42 Å². The number of fused-ring (bicyclic) bond motifs is 1. The fraction of sp³-hybridized carbons (Fsp3) is 0.778. The van der Waals surface area contributed by atoms with E-state index in [1.165, 1.54) is 0 Å². The van der Waals surface area contributed by atoms with E-state index in [0.29, 0.717) is 12.5 Å². The lowest BCUT2D eigenvalue weighted by atomic mass is 10.2. The minimum absolute atomic E-state index is 0.0580. The number of hydrazine groups is 1. The second-order valence-electron chi connectivity index (χ2n) is 4.26. The third kappa shape index (κ3) is 1.69. The molecule has 0 bridgehead atoms. The van der Waals surface area contributed by atoms with Gasteiger partial charge in [0.25, 0.3) is 5.91 Å². The third-order valence-corrected chi connectivity index (χ3v) is 3.18. The van der Waals surface area contributed by atoms with E-state index in [9.17, 15) is 4.79 Å². The van der Waals surface area contributed by atoms with Gasteiger partial charge in [0.05, 0.1) is 6.54 Å². The molecule has 92 valence electrons. The number of azo groups is 1. The second kappa shape index (κ2) is 4.04. The van der Waals surface area contributed by atoms with Crippen molar-refractivity contribution >= 4 is 11.9 Å². The number of nitrogens with zero attached hydrogens (tertiary/aromatic N) is 5. The summed E-state index contributed by atoms with van der Waals surface area (Å²) in [6, 6.07) is -0.597. The highest BCUT2D eigenvalue weighted by Gasteiger charge is 2.47. The van der Waals surface area contributed by atoms with E-state index in [1.54, 1.807) is 5.01 Å². The van der Waals surface area contributed by atoms with Crippen molar-refractivity contribution in [2.24, 2.45) is 21.0 Å². The lowest BCUT2D eigenvalue weighted by Gasteiger charge is -2.20. The first-order chi connectivity index (χ1) is 8.27. The Balaban J connectivity index is 1.73. The summed E-state index contributed by atoms with van der Waals surface area (Å²) in [7, 11) is 0. The average Bonchev–Trinajstić information content (AvgIpc) is 3.01. The largest absolute Gasteiger partial charge is 0.351 e. The summed E-state index contributed by atoms with van der Waals surface area (Å²) in [6.07, 6.45) is 0.577. The Bertz CT molecular complexity index is 393. The fourth-order valence-corrected chi connectivity index (χ4v) is 2.33. The van der Waals surface area contributed by atoms with E-state index in [1.807, 2.05) is 5.01 Å². The summed E-state index contributed by atoms with van der Waals surface area (Å²) in [4.78, 5) is 16.1. The van der Waals surface area contributed by atoms with E-state index < -0.39 is 12.2 Å². The number of amides is 1. The monoisotopic (exact) mass is 237 g/mol. The smallest absolute Gasteiger partial charge is 0.266 e. The Kier molecular flexibility index (Phi) is 2.52. The molecule has 3 N–H and O–H groups in total. The van der Waals surface area contributed by atoms with Crippen molar-refractivity contribution in [3.63, 3.8) is 0 Å². The minimum atomic E-state index is -0.597. The molecule has 3 rings (SSSR count). The molecule has 0 saturated carbocycles. The van der Waals surface area contributed by atoms with Gasteiger partial charge in [-0.15, -0.1) is 5.11 Å². The van der Waals surface area contributed by atoms with Crippen LogP contribution < -0.4 is 11.1 Å². The van der Waals surface area contributed by atoms with Crippen LogP contribution in [-0.4, -0.2) is 60.3 Å². The van der Waals surface area contributed by atoms with Gasteiger partial charge in [-0.25, -0.2) is 4.99 Å². The highest BCUT2D eigenvalue weighted by atomic mass is 16.2. The highest BCUT2D eigenvalue weighted by molar-refractivity contribution is 5.85. The van der Waals surface area contributed by atoms with Gasteiger partial charge in [-0.1, -0.05) is 0 Å². The molecule has 0 aromatic carbocycles. The molecule has 1 amide bonds. The van der Waals surface area contributed by atoms with Gasteiger partial charge in [0, 0.05) is 19.6 Å². The van der Waals surface area contributed by atoms with Crippen molar-refractivity contribution in [3.05, 3.63) is 0 Å². The molecule has 0 spiro atoms. The minimum Gasteiger partial charge on any atom is -0.351 e. The van der Waals surface area contributed by atoms with E-state index in [-0.39, 0.29) is 5.91 Å². The summed E-state index contributed by atoms with van der Waals surface area (Å²) in [5, 5.41) is 14.5. The molecule has 0 radical (unpaired) electrons. The predicted octanol–water partition coefficient (Wildman–Crippen LogP) is -1.49. The van der Waals surface area contributed by atoms with Crippen molar-refractivity contribution < 1.29 is 4.79 Å². The highest BCUT2D eigenvalue weighted by Crippen LogP contribution is 2.24. The van der Waals surface area contributed by atoms with Crippen LogP contribution in [-0.2, 0) is 4.79 Å². The number of carbonyl (C=O) groups is 1. The van der Waals surface area contributed by atoms with E-state index in [2.05, 4.69) is 20.5 Å². The van der Waals surface area contributed by atoms with Gasteiger partial charge in [0.15, 0.2) is 6.04 Å². The molecule has 0 aromatic rings. The summed E-state index contributed by atoms with van der Waals surface area (Å²) in [6.45, 7) is 3.03. The fourth-order valence-electron chi connectivity index (χ4n) is 2.33. The Morgan fingerprint density at radius 3 is 3.06 bits per heavy atom. The van der Waals surface area contributed by atoms with Gasteiger partial charge >= 0.3 is 0 Å². The van der Waals surface area contributed by atoms with Crippen molar-refractivity contribution in [2.75, 3.05) is 26.2 Å². The summed E-state index contributed by atoms with van der Waals surface area (Å²) < 4.78 is 0. The van der Waals surface area contributed by atoms with Crippen molar-refractivity contribution in [1.82, 2.24) is 15.3 Å². The maximum atomic E-state index is 12.0. The molecule has 3 aliphatic heterocycles. The molecular weight excluding hydrogens is 222 g/mol. The van der Waals surface area contributed by atoms with Crippen LogP contribution in [0.2, 0.25) is 0 Å². The van der Waals surface area contributed by atoms with Crippen LogP contribution in [0.4, 0.5) is 0 Å². The first kappa shape index (κ1) is 10.6. The van der Waals surface area contributed by atoms with Crippen LogP contribution in [0, 0.1) is 0 Å². The number of aliphatic imine (C=N–C) groups is 1. The van der Waals surface area contributed by atoms with E-state index in [0.717, 1.165) is 26.1 Å². The van der Waals surface area contributed by atoms with Gasteiger partial charge < -0.3 is 11.1 Å². The molecule has 2 fully saturated rings. The molecule has 17 heavy (non-hydrogen) atoms. The second-order valence-corrected chi connectivity index (χ2v) is 4.26. The van der Waals surface area contributed by atoms with Crippen LogP contribution in [0.1, 0.15) is 6.42 Å². The van der Waals surface area contributed by atoms with Crippen molar-refractivity contribution in [3.8, 4) is 0 Å². The Labute approximate surface area is 98.5 Å². The van der Waals surface area contributed by atoms with Gasteiger partial charge in [0.1, 0.15) is 6.17 Å². The number of rotatable bonds is 1. The quantitative estimate of drug-likeness (QED) is 0.543. The number of nitrogens with two attached hydrogens (primary N) is 1. The van der Waals surface area contributed by atoms with Crippen LogP contribution >= 0.6 is 0 Å². The van der Waals surface area contributed by atoms with Crippen LogP contribution in [0.25, 0.3) is 0 Å². The zero-order valence-electron chi connectivity index (χ0n) is 9.41. The van der Waals surface area contributed by atoms with Crippen molar-refractivity contribution in [2.45, 2.75) is 18.6 Å². The zero-order chi connectivity index (χ0) is 11.8. The topological polar surface area (TPSA) is 98.7 Å². The van der Waals surface area contributed by atoms with Crippen LogP contribution in [0.5, 0.6) is 0 Å². The third-order valence-electron chi connectivity index (χ3n) is 3.18. The average molecular weight is 237 g/mol. The van der Waals surface area contributed by atoms with Gasteiger partial charge in [0.2, 0.25) is 5.96 Å². The maximum Gasteiger partial charge on any atom is 0.266 e. The lowest BCUT2D eigenvalue weighted by Crippen LogP contribution is -2.43. The summed E-state index contributed by atoms with van der Waals surface area (Å²) in [5.74, 6) is 0.435.